The van der Waals surface area contributed by atoms with E-state index in [0.717, 1.165) is 23.6 Å². The van der Waals surface area contributed by atoms with Crippen molar-refractivity contribution in [2.75, 3.05) is 6.54 Å². The minimum absolute atomic E-state index is 0.0718. The van der Waals surface area contributed by atoms with Gasteiger partial charge >= 0.3 is 0 Å². The summed E-state index contributed by atoms with van der Waals surface area (Å²) in [4.78, 5) is 25.8. The van der Waals surface area contributed by atoms with Crippen LogP contribution < -0.4 is 5.73 Å². The lowest BCUT2D eigenvalue weighted by Gasteiger charge is -2.33. The van der Waals surface area contributed by atoms with Crippen LogP contribution in [0, 0.1) is 0 Å². The van der Waals surface area contributed by atoms with Crippen LogP contribution in [0.15, 0.2) is 36.4 Å². The predicted octanol–water partition coefficient (Wildman–Crippen LogP) is 2.03. The van der Waals surface area contributed by atoms with Crippen molar-refractivity contribution in [1.82, 2.24) is 4.90 Å². The maximum absolute atomic E-state index is 12.7. The fourth-order valence-corrected chi connectivity index (χ4v) is 3.02. The first-order valence-corrected chi connectivity index (χ1v) is 7.40. The van der Waals surface area contributed by atoms with Crippen LogP contribution in [-0.2, 0) is 4.79 Å². The Balaban J connectivity index is 2.00. The number of primary amides is 1. The maximum Gasteiger partial charge on any atom is 0.258 e. The summed E-state index contributed by atoms with van der Waals surface area (Å²) in [5.41, 5.74) is 5.62. The van der Waals surface area contributed by atoms with E-state index in [4.69, 9.17) is 5.73 Å². The molecule has 5 heteroatoms. The first-order valence-electron chi connectivity index (χ1n) is 7.40. The van der Waals surface area contributed by atoms with Crippen molar-refractivity contribution >= 4 is 22.6 Å². The number of nitrogens with zero attached hydrogens (tertiary/aromatic N) is 1. The molecule has 0 saturated carbocycles. The minimum Gasteiger partial charge on any atom is -0.507 e. The van der Waals surface area contributed by atoms with Gasteiger partial charge < -0.3 is 15.7 Å². The molecule has 2 amide bonds. The zero-order valence-corrected chi connectivity index (χ0v) is 12.2. The number of amides is 2. The second-order valence-electron chi connectivity index (χ2n) is 5.63. The number of carbonyl (C=O) groups excluding carboxylic acids is 2. The normalized spacial score (nSPS) is 18.4. The lowest BCUT2D eigenvalue weighted by Crippen LogP contribution is -2.50. The van der Waals surface area contributed by atoms with Gasteiger partial charge in [-0.05, 0) is 42.2 Å². The van der Waals surface area contributed by atoms with E-state index in [2.05, 4.69) is 0 Å². The minimum atomic E-state index is -0.591. The van der Waals surface area contributed by atoms with Crippen LogP contribution in [0.3, 0.4) is 0 Å². The molecule has 1 saturated heterocycles. The molecule has 0 aliphatic carbocycles. The van der Waals surface area contributed by atoms with Gasteiger partial charge in [0.2, 0.25) is 5.91 Å². The Morgan fingerprint density at radius 2 is 1.82 bits per heavy atom. The number of aromatic hydroxyl groups is 1. The SMILES string of the molecule is NC(=O)C1CCCCN1C(=O)c1cc2ccccc2cc1O. The molecule has 1 unspecified atom stereocenters. The summed E-state index contributed by atoms with van der Waals surface area (Å²) in [6, 6.07) is 10.2. The molecule has 5 nitrogen and oxygen atoms in total. The third-order valence-corrected chi connectivity index (χ3v) is 4.19. The van der Waals surface area contributed by atoms with E-state index in [-0.39, 0.29) is 17.2 Å². The fourth-order valence-electron chi connectivity index (χ4n) is 3.02. The zero-order valence-electron chi connectivity index (χ0n) is 12.2. The van der Waals surface area contributed by atoms with E-state index >= 15 is 0 Å². The van der Waals surface area contributed by atoms with Crippen molar-refractivity contribution in [3.05, 3.63) is 42.0 Å². The van der Waals surface area contributed by atoms with Crippen LogP contribution in [0.25, 0.3) is 10.8 Å². The molecule has 1 heterocycles. The Morgan fingerprint density at radius 1 is 1.14 bits per heavy atom. The molecule has 1 aliphatic rings. The number of phenols is 1. The lowest BCUT2D eigenvalue weighted by molar-refractivity contribution is -0.123. The molecule has 3 N–H and O–H groups in total. The summed E-state index contributed by atoms with van der Waals surface area (Å²) in [5.74, 6) is -0.905. The first-order chi connectivity index (χ1) is 10.6. The monoisotopic (exact) mass is 298 g/mol. The first kappa shape index (κ1) is 14.4. The highest BCUT2D eigenvalue weighted by Gasteiger charge is 2.32. The average Bonchev–Trinajstić information content (AvgIpc) is 2.53. The van der Waals surface area contributed by atoms with Crippen LogP contribution in [0.5, 0.6) is 5.75 Å². The number of fused-ring (bicyclic) bond motifs is 1. The second kappa shape index (κ2) is 5.67. The van der Waals surface area contributed by atoms with Gasteiger partial charge in [0.1, 0.15) is 11.8 Å². The number of phenolic OH excluding ortho intramolecular Hbond substituents is 1. The Morgan fingerprint density at radius 3 is 2.50 bits per heavy atom. The third-order valence-electron chi connectivity index (χ3n) is 4.19. The molecule has 0 bridgehead atoms. The summed E-state index contributed by atoms with van der Waals surface area (Å²) in [6.45, 7) is 0.485. The molecular formula is C17H18N2O3. The zero-order chi connectivity index (χ0) is 15.7. The van der Waals surface area contributed by atoms with Gasteiger partial charge in [-0.2, -0.15) is 0 Å². The van der Waals surface area contributed by atoms with Gasteiger partial charge in [0, 0.05) is 6.54 Å². The van der Waals surface area contributed by atoms with Gasteiger partial charge in [-0.1, -0.05) is 24.3 Å². The molecule has 22 heavy (non-hydrogen) atoms. The molecule has 3 rings (SSSR count). The van der Waals surface area contributed by atoms with Gasteiger partial charge in [0.05, 0.1) is 5.56 Å². The van der Waals surface area contributed by atoms with Crippen molar-refractivity contribution in [3.8, 4) is 5.75 Å². The van der Waals surface area contributed by atoms with Crippen LogP contribution in [-0.4, -0.2) is 34.4 Å². The summed E-state index contributed by atoms with van der Waals surface area (Å²) in [5, 5.41) is 11.9. The predicted molar refractivity (Wildman–Crippen MR) is 83.5 cm³/mol. The van der Waals surface area contributed by atoms with Crippen LogP contribution in [0.4, 0.5) is 0 Å². The molecular weight excluding hydrogens is 280 g/mol. The van der Waals surface area contributed by atoms with Gasteiger partial charge in [-0.25, -0.2) is 0 Å². The van der Waals surface area contributed by atoms with E-state index < -0.39 is 11.9 Å². The topological polar surface area (TPSA) is 83.6 Å². The summed E-state index contributed by atoms with van der Waals surface area (Å²) < 4.78 is 0. The Kier molecular flexibility index (Phi) is 3.71. The molecule has 1 aliphatic heterocycles. The van der Waals surface area contributed by atoms with Crippen molar-refractivity contribution in [1.29, 1.82) is 0 Å². The maximum atomic E-state index is 12.7. The number of benzene rings is 2. The number of hydrogen-bond acceptors (Lipinski definition) is 3. The van der Waals surface area contributed by atoms with Crippen molar-refractivity contribution in [2.45, 2.75) is 25.3 Å². The smallest absolute Gasteiger partial charge is 0.258 e. The van der Waals surface area contributed by atoms with E-state index in [1.54, 1.807) is 12.1 Å². The summed E-state index contributed by atoms with van der Waals surface area (Å²) in [6.07, 6.45) is 2.29. The largest absolute Gasteiger partial charge is 0.507 e. The van der Waals surface area contributed by atoms with Gasteiger partial charge in [0.15, 0.2) is 0 Å². The van der Waals surface area contributed by atoms with Crippen molar-refractivity contribution in [3.63, 3.8) is 0 Å². The van der Waals surface area contributed by atoms with E-state index in [1.807, 2.05) is 24.3 Å². The van der Waals surface area contributed by atoms with Crippen LogP contribution >= 0.6 is 0 Å². The van der Waals surface area contributed by atoms with E-state index in [9.17, 15) is 14.7 Å². The lowest BCUT2D eigenvalue weighted by atomic mass is 9.99. The highest BCUT2D eigenvalue weighted by atomic mass is 16.3. The quantitative estimate of drug-likeness (QED) is 0.889. The average molecular weight is 298 g/mol. The highest BCUT2D eigenvalue weighted by molar-refractivity contribution is 6.03. The van der Waals surface area contributed by atoms with E-state index in [1.165, 1.54) is 4.90 Å². The number of carbonyl (C=O) groups is 2. The van der Waals surface area contributed by atoms with Crippen molar-refractivity contribution in [2.24, 2.45) is 5.73 Å². The van der Waals surface area contributed by atoms with Crippen LogP contribution in [0.2, 0.25) is 0 Å². The van der Waals surface area contributed by atoms with E-state index in [0.29, 0.717) is 13.0 Å². The standard InChI is InChI=1S/C17H18N2O3/c18-16(21)14-7-3-4-8-19(14)17(22)13-9-11-5-1-2-6-12(11)10-15(13)20/h1-2,5-6,9-10,14,20H,3-4,7-8H2,(H2,18,21). The highest BCUT2D eigenvalue weighted by Crippen LogP contribution is 2.28. The van der Waals surface area contributed by atoms with Crippen LogP contribution in [0.1, 0.15) is 29.6 Å². The number of likely N-dealkylation sites (tertiary alicyclic amines) is 1. The van der Waals surface area contributed by atoms with Gasteiger partial charge in [-0.3, -0.25) is 9.59 Å². The summed E-state index contributed by atoms with van der Waals surface area (Å²) in [7, 11) is 0. The second-order valence-corrected chi connectivity index (χ2v) is 5.63. The molecule has 1 atom stereocenters. The van der Waals surface area contributed by atoms with Gasteiger partial charge in [-0.15, -0.1) is 0 Å². The molecule has 114 valence electrons. The third kappa shape index (κ3) is 2.50. The number of hydrogen-bond donors (Lipinski definition) is 2. The van der Waals surface area contributed by atoms with Gasteiger partial charge in [0.25, 0.3) is 5.91 Å². The Hall–Kier alpha value is -2.56. The molecule has 0 aromatic heterocycles. The molecule has 0 spiro atoms. The number of piperidine rings is 1. The molecule has 2 aromatic carbocycles. The number of nitrogens with two attached hydrogens (primary N) is 1. The summed E-state index contributed by atoms with van der Waals surface area (Å²) >= 11 is 0. The molecule has 0 radical (unpaired) electrons. The Labute approximate surface area is 128 Å². The fraction of sp³-hybridized carbons (Fsp3) is 0.294. The molecule has 1 fully saturated rings. The van der Waals surface area contributed by atoms with Crippen molar-refractivity contribution < 1.29 is 14.7 Å². The number of rotatable bonds is 2. The Bertz CT molecular complexity index is 742. The molecule has 2 aromatic rings.